The SMILES string of the molecule is Cc1ccc(OC(C)C(=O)N2CCC(C)CC2)c(Br)c1. The van der Waals surface area contributed by atoms with Crippen molar-refractivity contribution in [2.24, 2.45) is 5.92 Å². The number of ether oxygens (including phenoxy) is 1. The Morgan fingerprint density at radius 3 is 2.65 bits per heavy atom. The predicted molar refractivity (Wildman–Crippen MR) is 83.9 cm³/mol. The summed E-state index contributed by atoms with van der Waals surface area (Å²) in [5, 5.41) is 0. The molecule has 0 saturated carbocycles. The number of hydrogen-bond acceptors (Lipinski definition) is 2. The average Bonchev–Trinajstić information content (AvgIpc) is 2.42. The third-order valence-electron chi connectivity index (χ3n) is 3.83. The molecule has 1 aliphatic heterocycles. The first kappa shape index (κ1) is 15.4. The van der Waals surface area contributed by atoms with Crippen LogP contribution in [0, 0.1) is 12.8 Å². The van der Waals surface area contributed by atoms with Crippen LogP contribution in [-0.2, 0) is 4.79 Å². The summed E-state index contributed by atoms with van der Waals surface area (Å²) in [6, 6.07) is 5.89. The summed E-state index contributed by atoms with van der Waals surface area (Å²) in [5.74, 6) is 1.53. The van der Waals surface area contributed by atoms with E-state index < -0.39 is 6.10 Å². The van der Waals surface area contributed by atoms with Gasteiger partial charge in [-0.3, -0.25) is 4.79 Å². The second-order valence-electron chi connectivity index (χ2n) is 5.70. The molecule has 0 N–H and O–H groups in total. The number of nitrogens with zero attached hydrogens (tertiary/aromatic N) is 1. The Morgan fingerprint density at radius 2 is 2.05 bits per heavy atom. The van der Waals surface area contributed by atoms with E-state index in [1.54, 1.807) is 0 Å². The molecule has 1 aliphatic rings. The average molecular weight is 340 g/mol. The van der Waals surface area contributed by atoms with Gasteiger partial charge < -0.3 is 9.64 Å². The van der Waals surface area contributed by atoms with Crippen LogP contribution >= 0.6 is 15.9 Å². The molecule has 1 aromatic carbocycles. The van der Waals surface area contributed by atoms with Crippen molar-refractivity contribution in [3.63, 3.8) is 0 Å². The zero-order chi connectivity index (χ0) is 14.7. The maximum absolute atomic E-state index is 12.4. The van der Waals surface area contributed by atoms with Crippen LogP contribution < -0.4 is 4.74 Å². The largest absolute Gasteiger partial charge is 0.480 e. The van der Waals surface area contributed by atoms with Gasteiger partial charge in [0, 0.05) is 13.1 Å². The zero-order valence-corrected chi connectivity index (χ0v) is 13.9. The van der Waals surface area contributed by atoms with Crippen LogP contribution in [0.3, 0.4) is 0 Å². The number of likely N-dealkylation sites (tertiary alicyclic amines) is 1. The number of aryl methyl sites for hydroxylation is 1. The molecule has 0 spiro atoms. The molecule has 2 rings (SSSR count). The molecular formula is C16H22BrNO2. The topological polar surface area (TPSA) is 29.5 Å². The lowest BCUT2D eigenvalue weighted by atomic mass is 9.99. The molecule has 110 valence electrons. The highest BCUT2D eigenvalue weighted by molar-refractivity contribution is 9.10. The molecule has 0 bridgehead atoms. The van der Waals surface area contributed by atoms with Crippen LogP contribution in [0.15, 0.2) is 22.7 Å². The van der Waals surface area contributed by atoms with E-state index in [0.717, 1.165) is 47.6 Å². The highest BCUT2D eigenvalue weighted by Crippen LogP contribution is 2.27. The van der Waals surface area contributed by atoms with Crippen molar-refractivity contribution in [3.05, 3.63) is 28.2 Å². The normalized spacial score (nSPS) is 17.9. The Kier molecular flexibility index (Phi) is 5.08. The second kappa shape index (κ2) is 6.61. The van der Waals surface area contributed by atoms with Crippen molar-refractivity contribution >= 4 is 21.8 Å². The molecule has 1 atom stereocenters. The van der Waals surface area contributed by atoms with Crippen LogP contribution in [0.1, 0.15) is 32.3 Å². The molecule has 1 saturated heterocycles. The van der Waals surface area contributed by atoms with E-state index in [1.165, 1.54) is 0 Å². The van der Waals surface area contributed by atoms with E-state index in [9.17, 15) is 4.79 Å². The van der Waals surface area contributed by atoms with Gasteiger partial charge in [-0.2, -0.15) is 0 Å². The van der Waals surface area contributed by atoms with Crippen molar-refractivity contribution in [1.82, 2.24) is 4.90 Å². The molecule has 20 heavy (non-hydrogen) atoms. The molecule has 1 aromatic rings. The zero-order valence-electron chi connectivity index (χ0n) is 12.4. The Labute approximate surface area is 129 Å². The van der Waals surface area contributed by atoms with Crippen molar-refractivity contribution in [1.29, 1.82) is 0 Å². The number of carbonyl (C=O) groups is 1. The van der Waals surface area contributed by atoms with E-state index in [1.807, 2.05) is 36.9 Å². The fourth-order valence-corrected chi connectivity index (χ4v) is 3.02. The van der Waals surface area contributed by atoms with E-state index >= 15 is 0 Å². The van der Waals surface area contributed by atoms with Gasteiger partial charge in [-0.1, -0.05) is 13.0 Å². The van der Waals surface area contributed by atoms with Gasteiger partial charge in [-0.15, -0.1) is 0 Å². The molecular weight excluding hydrogens is 318 g/mol. The van der Waals surface area contributed by atoms with Gasteiger partial charge in [0.05, 0.1) is 4.47 Å². The number of benzene rings is 1. The predicted octanol–water partition coefficient (Wildman–Crippen LogP) is 3.78. The highest BCUT2D eigenvalue weighted by Gasteiger charge is 2.25. The van der Waals surface area contributed by atoms with Crippen LogP contribution in [-0.4, -0.2) is 30.0 Å². The summed E-state index contributed by atoms with van der Waals surface area (Å²) in [4.78, 5) is 14.3. The molecule has 4 heteroatoms. The summed E-state index contributed by atoms with van der Waals surface area (Å²) < 4.78 is 6.70. The third-order valence-corrected chi connectivity index (χ3v) is 4.45. The van der Waals surface area contributed by atoms with E-state index in [-0.39, 0.29) is 5.91 Å². The van der Waals surface area contributed by atoms with Crippen molar-refractivity contribution in [3.8, 4) is 5.75 Å². The molecule has 0 aliphatic carbocycles. The third kappa shape index (κ3) is 3.75. The summed E-state index contributed by atoms with van der Waals surface area (Å²) >= 11 is 3.48. The van der Waals surface area contributed by atoms with Gasteiger partial charge in [0.15, 0.2) is 6.10 Å². The van der Waals surface area contributed by atoms with Gasteiger partial charge in [0.1, 0.15) is 5.75 Å². The minimum absolute atomic E-state index is 0.0874. The molecule has 1 amide bonds. The first-order chi connectivity index (χ1) is 9.47. The minimum atomic E-state index is -0.442. The summed E-state index contributed by atoms with van der Waals surface area (Å²) in [6.07, 6.45) is 1.74. The number of rotatable bonds is 3. The number of carbonyl (C=O) groups excluding carboxylic acids is 1. The lowest BCUT2D eigenvalue weighted by molar-refractivity contribution is -0.139. The first-order valence-corrected chi connectivity index (χ1v) is 7.98. The summed E-state index contributed by atoms with van der Waals surface area (Å²) in [6.45, 7) is 7.79. The Hall–Kier alpha value is -1.03. The Bertz CT molecular complexity index is 481. The maximum atomic E-state index is 12.4. The second-order valence-corrected chi connectivity index (χ2v) is 6.56. The monoisotopic (exact) mass is 339 g/mol. The summed E-state index contributed by atoms with van der Waals surface area (Å²) in [7, 11) is 0. The minimum Gasteiger partial charge on any atom is -0.480 e. The number of piperidine rings is 1. The lowest BCUT2D eigenvalue weighted by Crippen LogP contribution is -2.44. The fraction of sp³-hybridized carbons (Fsp3) is 0.562. The number of halogens is 1. The molecule has 1 unspecified atom stereocenters. The van der Waals surface area contributed by atoms with Crippen molar-refractivity contribution in [2.75, 3.05) is 13.1 Å². The molecule has 1 heterocycles. The molecule has 3 nitrogen and oxygen atoms in total. The first-order valence-electron chi connectivity index (χ1n) is 7.19. The van der Waals surface area contributed by atoms with E-state index in [4.69, 9.17) is 4.74 Å². The highest BCUT2D eigenvalue weighted by atomic mass is 79.9. The number of amides is 1. The van der Waals surface area contributed by atoms with Gasteiger partial charge in [-0.05, 0) is 66.2 Å². The lowest BCUT2D eigenvalue weighted by Gasteiger charge is -2.32. The van der Waals surface area contributed by atoms with Crippen LogP contribution in [0.2, 0.25) is 0 Å². The van der Waals surface area contributed by atoms with Crippen molar-refractivity contribution < 1.29 is 9.53 Å². The molecule has 1 fully saturated rings. The standard InChI is InChI=1S/C16H22BrNO2/c1-11-6-8-18(9-7-11)16(19)13(3)20-15-5-4-12(2)10-14(15)17/h4-5,10-11,13H,6-9H2,1-3H3. The quantitative estimate of drug-likeness (QED) is 0.838. The number of hydrogen-bond donors (Lipinski definition) is 0. The van der Waals surface area contributed by atoms with Crippen molar-refractivity contribution in [2.45, 2.75) is 39.7 Å². The van der Waals surface area contributed by atoms with Crippen LogP contribution in [0.5, 0.6) is 5.75 Å². The van der Waals surface area contributed by atoms with Gasteiger partial charge in [-0.25, -0.2) is 0 Å². The Balaban J connectivity index is 1.97. The van der Waals surface area contributed by atoms with E-state index in [0.29, 0.717) is 0 Å². The van der Waals surface area contributed by atoms with Gasteiger partial charge in [0.2, 0.25) is 0 Å². The summed E-state index contributed by atoms with van der Waals surface area (Å²) in [5.41, 5.74) is 1.16. The van der Waals surface area contributed by atoms with Gasteiger partial charge in [0.25, 0.3) is 5.91 Å². The fourth-order valence-electron chi connectivity index (χ4n) is 2.43. The molecule has 0 radical (unpaired) electrons. The van der Waals surface area contributed by atoms with Crippen LogP contribution in [0.4, 0.5) is 0 Å². The van der Waals surface area contributed by atoms with Crippen LogP contribution in [0.25, 0.3) is 0 Å². The smallest absolute Gasteiger partial charge is 0.263 e. The molecule has 0 aromatic heterocycles. The Morgan fingerprint density at radius 1 is 1.40 bits per heavy atom. The van der Waals surface area contributed by atoms with Gasteiger partial charge >= 0.3 is 0 Å². The van der Waals surface area contributed by atoms with E-state index in [2.05, 4.69) is 22.9 Å². The maximum Gasteiger partial charge on any atom is 0.263 e.